The Morgan fingerprint density at radius 2 is 1.76 bits per heavy atom. The van der Waals surface area contributed by atoms with Gasteiger partial charge in [0, 0.05) is 11.7 Å². The first kappa shape index (κ1) is 15.2. The highest BCUT2D eigenvalue weighted by molar-refractivity contribution is 5.47. The number of para-hydroxylation sites is 1. The van der Waals surface area contributed by atoms with E-state index in [4.69, 9.17) is 9.47 Å². The van der Waals surface area contributed by atoms with Gasteiger partial charge < -0.3 is 14.8 Å². The van der Waals surface area contributed by atoms with Crippen LogP contribution < -0.4 is 14.8 Å². The van der Waals surface area contributed by atoms with Gasteiger partial charge in [-0.15, -0.1) is 0 Å². The van der Waals surface area contributed by atoms with Gasteiger partial charge in [-0.05, 0) is 56.2 Å². The molecule has 0 aromatic heterocycles. The topological polar surface area (TPSA) is 30.5 Å². The van der Waals surface area contributed by atoms with Crippen LogP contribution in [-0.2, 0) is 6.42 Å². The highest BCUT2D eigenvalue weighted by atomic mass is 16.5. The Hall–Kier alpha value is -2.16. The first-order valence-corrected chi connectivity index (χ1v) is 7.34. The Balaban J connectivity index is 1.96. The number of ether oxygens (including phenoxy) is 2. The number of hydrogen-bond acceptors (Lipinski definition) is 3. The second kappa shape index (κ2) is 7.58. The molecule has 0 bridgehead atoms. The minimum atomic E-state index is 0.319. The molecule has 1 N–H and O–H groups in total. The van der Waals surface area contributed by atoms with E-state index in [1.165, 1.54) is 5.56 Å². The zero-order chi connectivity index (χ0) is 15.1. The van der Waals surface area contributed by atoms with Crippen molar-refractivity contribution in [1.82, 2.24) is 0 Å². The zero-order valence-corrected chi connectivity index (χ0v) is 12.9. The molecule has 0 saturated carbocycles. The maximum absolute atomic E-state index is 5.45. The van der Waals surface area contributed by atoms with Gasteiger partial charge in [0.15, 0.2) is 0 Å². The van der Waals surface area contributed by atoms with Gasteiger partial charge in [0.2, 0.25) is 0 Å². The van der Waals surface area contributed by atoms with E-state index in [2.05, 4.69) is 18.3 Å². The third kappa shape index (κ3) is 4.42. The molecule has 21 heavy (non-hydrogen) atoms. The molecule has 112 valence electrons. The van der Waals surface area contributed by atoms with Crippen molar-refractivity contribution in [3.8, 4) is 11.5 Å². The van der Waals surface area contributed by atoms with E-state index >= 15 is 0 Å². The quantitative estimate of drug-likeness (QED) is 0.829. The van der Waals surface area contributed by atoms with Crippen molar-refractivity contribution in [3.05, 3.63) is 54.1 Å². The summed E-state index contributed by atoms with van der Waals surface area (Å²) in [5.41, 5.74) is 2.31. The lowest BCUT2D eigenvalue weighted by molar-refractivity contribution is 0.340. The fraction of sp³-hybridized carbons (Fsp3) is 0.333. The Bertz CT molecular complexity index is 551. The van der Waals surface area contributed by atoms with Crippen molar-refractivity contribution in [3.63, 3.8) is 0 Å². The van der Waals surface area contributed by atoms with Crippen LogP contribution in [0.25, 0.3) is 0 Å². The van der Waals surface area contributed by atoms with Gasteiger partial charge in [-0.25, -0.2) is 0 Å². The molecule has 1 unspecified atom stereocenters. The largest absolute Gasteiger partial charge is 0.496 e. The third-order valence-electron chi connectivity index (χ3n) is 3.30. The molecule has 2 aromatic rings. The predicted octanol–water partition coefficient (Wildman–Crippen LogP) is 4.14. The standard InChI is InChI=1S/C18H23NO2/c1-4-21-17-11-9-16(10-12-17)19-14(2)13-15-7-5-6-8-18(15)20-3/h5-12,14,19H,4,13H2,1-3H3. The van der Waals surface area contributed by atoms with Crippen molar-refractivity contribution in [2.24, 2.45) is 0 Å². The lowest BCUT2D eigenvalue weighted by atomic mass is 10.1. The molecule has 2 aromatic carbocycles. The third-order valence-corrected chi connectivity index (χ3v) is 3.30. The molecule has 0 radical (unpaired) electrons. The molecule has 3 nitrogen and oxygen atoms in total. The maximum atomic E-state index is 5.45. The lowest BCUT2D eigenvalue weighted by Crippen LogP contribution is -2.18. The summed E-state index contributed by atoms with van der Waals surface area (Å²) in [7, 11) is 1.71. The van der Waals surface area contributed by atoms with Gasteiger partial charge in [-0.2, -0.15) is 0 Å². The van der Waals surface area contributed by atoms with Crippen molar-refractivity contribution in [1.29, 1.82) is 0 Å². The molecule has 0 amide bonds. The van der Waals surface area contributed by atoms with Gasteiger partial charge in [-0.3, -0.25) is 0 Å². The second-order valence-electron chi connectivity index (χ2n) is 5.02. The molecular weight excluding hydrogens is 262 g/mol. The maximum Gasteiger partial charge on any atom is 0.122 e. The summed E-state index contributed by atoms with van der Waals surface area (Å²) in [4.78, 5) is 0. The van der Waals surface area contributed by atoms with Gasteiger partial charge in [0.25, 0.3) is 0 Å². The van der Waals surface area contributed by atoms with Crippen LogP contribution in [-0.4, -0.2) is 19.8 Å². The van der Waals surface area contributed by atoms with E-state index in [0.29, 0.717) is 12.6 Å². The normalized spacial score (nSPS) is 11.8. The van der Waals surface area contributed by atoms with Gasteiger partial charge in [-0.1, -0.05) is 18.2 Å². The molecular formula is C18H23NO2. The molecule has 0 aliphatic carbocycles. The van der Waals surface area contributed by atoms with E-state index in [1.54, 1.807) is 7.11 Å². The molecule has 0 saturated heterocycles. The SMILES string of the molecule is CCOc1ccc(NC(C)Cc2ccccc2OC)cc1. The van der Waals surface area contributed by atoms with Crippen LogP contribution in [0.5, 0.6) is 11.5 Å². The predicted molar refractivity (Wildman–Crippen MR) is 87.4 cm³/mol. The smallest absolute Gasteiger partial charge is 0.122 e. The summed E-state index contributed by atoms with van der Waals surface area (Å²) in [6.07, 6.45) is 0.914. The van der Waals surface area contributed by atoms with Crippen molar-refractivity contribution < 1.29 is 9.47 Å². The minimum absolute atomic E-state index is 0.319. The zero-order valence-electron chi connectivity index (χ0n) is 12.9. The number of rotatable bonds is 7. The first-order chi connectivity index (χ1) is 10.2. The second-order valence-corrected chi connectivity index (χ2v) is 5.02. The summed E-state index contributed by atoms with van der Waals surface area (Å²) in [6.45, 7) is 4.85. The van der Waals surface area contributed by atoms with Crippen molar-refractivity contribution in [2.75, 3.05) is 19.0 Å². The number of anilines is 1. The summed E-state index contributed by atoms with van der Waals surface area (Å²) in [6, 6.07) is 16.5. The van der Waals surface area contributed by atoms with Gasteiger partial charge in [0.05, 0.1) is 13.7 Å². The van der Waals surface area contributed by atoms with Crippen LogP contribution >= 0.6 is 0 Å². The molecule has 0 aliphatic heterocycles. The van der Waals surface area contributed by atoms with Gasteiger partial charge in [0.1, 0.15) is 11.5 Å². The number of hydrogen-bond donors (Lipinski definition) is 1. The van der Waals surface area contributed by atoms with Crippen molar-refractivity contribution in [2.45, 2.75) is 26.3 Å². The summed E-state index contributed by atoms with van der Waals surface area (Å²) >= 11 is 0. The summed E-state index contributed by atoms with van der Waals surface area (Å²) in [5, 5.41) is 3.50. The van der Waals surface area contributed by atoms with Gasteiger partial charge >= 0.3 is 0 Å². The molecule has 0 spiro atoms. The fourth-order valence-corrected chi connectivity index (χ4v) is 2.35. The Morgan fingerprint density at radius 3 is 2.43 bits per heavy atom. The first-order valence-electron chi connectivity index (χ1n) is 7.34. The van der Waals surface area contributed by atoms with E-state index in [-0.39, 0.29) is 0 Å². The van der Waals surface area contributed by atoms with Crippen LogP contribution in [0.4, 0.5) is 5.69 Å². The highest BCUT2D eigenvalue weighted by Gasteiger charge is 2.08. The van der Waals surface area contributed by atoms with E-state index < -0.39 is 0 Å². The summed E-state index contributed by atoms with van der Waals surface area (Å²) < 4.78 is 10.8. The molecule has 2 rings (SSSR count). The Morgan fingerprint density at radius 1 is 1.05 bits per heavy atom. The average Bonchev–Trinajstić information content (AvgIpc) is 2.50. The van der Waals surface area contributed by atoms with E-state index in [9.17, 15) is 0 Å². The van der Waals surface area contributed by atoms with Crippen molar-refractivity contribution >= 4 is 5.69 Å². The lowest BCUT2D eigenvalue weighted by Gasteiger charge is -2.17. The number of nitrogens with one attached hydrogen (secondary N) is 1. The minimum Gasteiger partial charge on any atom is -0.496 e. The van der Waals surface area contributed by atoms with Crippen LogP contribution in [0.2, 0.25) is 0 Å². The van der Waals surface area contributed by atoms with Crippen LogP contribution in [0.1, 0.15) is 19.4 Å². The molecule has 0 fully saturated rings. The Labute approximate surface area is 126 Å². The van der Waals surface area contributed by atoms with Crippen LogP contribution in [0.3, 0.4) is 0 Å². The molecule has 0 aliphatic rings. The number of methoxy groups -OCH3 is 1. The van der Waals surface area contributed by atoms with E-state index in [1.807, 2.05) is 49.4 Å². The average molecular weight is 285 g/mol. The van der Waals surface area contributed by atoms with Crippen LogP contribution in [0.15, 0.2) is 48.5 Å². The summed E-state index contributed by atoms with van der Waals surface area (Å²) in [5.74, 6) is 1.85. The molecule has 1 atom stereocenters. The molecule has 3 heteroatoms. The fourth-order valence-electron chi connectivity index (χ4n) is 2.35. The monoisotopic (exact) mass is 285 g/mol. The van der Waals surface area contributed by atoms with E-state index in [0.717, 1.165) is 23.6 Å². The van der Waals surface area contributed by atoms with Crippen LogP contribution in [0, 0.1) is 0 Å². The number of benzene rings is 2. The highest BCUT2D eigenvalue weighted by Crippen LogP contribution is 2.21. The molecule has 0 heterocycles. The Kier molecular flexibility index (Phi) is 5.50.